The molecular weight excluding hydrogens is 501 g/mol. The number of halogens is 11. The maximum atomic E-state index is 14.7. The van der Waals surface area contributed by atoms with Gasteiger partial charge in [0.1, 0.15) is 40.5 Å². The molecule has 0 atom stereocenters. The Labute approximate surface area is 190 Å². The molecule has 0 spiro atoms. The summed E-state index contributed by atoms with van der Waals surface area (Å²) < 4.78 is 153. The van der Waals surface area contributed by atoms with Crippen molar-refractivity contribution in [3.05, 3.63) is 82.4 Å². The fourth-order valence-electron chi connectivity index (χ4n) is 3.52. The predicted molar refractivity (Wildman–Crippen MR) is 102 cm³/mol. The number of hydrogen-bond acceptors (Lipinski definition) is 1. The highest BCUT2D eigenvalue weighted by Crippen LogP contribution is 2.41. The Kier molecular flexibility index (Phi) is 7.16. The molecule has 0 unspecified atom stereocenters. The number of hydrogen-bond donors (Lipinski definition) is 0. The molecule has 0 amide bonds. The molecule has 35 heavy (non-hydrogen) atoms. The van der Waals surface area contributed by atoms with Gasteiger partial charge in [-0.15, -0.1) is 13.2 Å². The van der Waals surface area contributed by atoms with Gasteiger partial charge in [-0.25, -0.2) is 31.1 Å². The lowest BCUT2D eigenvalue weighted by Crippen LogP contribution is -2.29. The zero-order valence-corrected chi connectivity index (χ0v) is 17.4. The average Bonchev–Trinajstić information content (AvgIpc) is 2.64. The Bertz CT molecular complexity index is 1200. The van der Waals surface area contributed by atoms with Crippen LogP contribution in [0, 0.1) is 34.9 Å². The smallest absolute Gasteiger partial charge is 0.222 e. The minimum Gasteiger partial charge on any atom is -0.222 e. The molecule has 0 N–H and O–H groups in total. The van der Waals surface area contributed by atoms with Crippen molar-refractivity contribution in [2.24, 2.45) is 0 Å². The van der Waals surface area contributed by atoms with Crippen LogP contribution in [0.4, 0.5) is 48.3 Å². The molecule has 3 rings (SSSR count). The Morgan fingerprint density at radius 3 is 1.34 bits per heavy atom. The predicted octanol–water partition coefficient (Wildman–Crippen LogP) is 8.39. The summed E-state index contributed by atoms with van der Waals surface area (Å²) in [5.74, 6) is -10.0. The van der Waals surface area contributed by atoms with Crippen LogP contribution < -0.4 is 0 Å². The van der Waals surface area contributed by atoms with Gasteiger partial charge in [0.05, 0.1) is 11.1 Å². The van der Waals surface area contributed by atoms with Crippen LogP contribution in [-0.4, -0.2) is 6.36 Å². The number of alkyl halides is 5. The lowest BCUT2D eigenvalue weighted by atomic mass is 9.96. The quantitative estimate of drug-likeness (QED) is 0.300. The molecule has 0 aliphatic carbocycles. The second-order valence-corrected chi connectivity index (χ2v) is 7.38. The molecule has 0 saturated carbocycles. The zero-order chi connectivity index (χ0) is 26.3. The Hall–Kier alpha value is -3.15. The molecule has 0 bridgehead atoms. The lowest BCUT2D eigenvalue weighted by molar-refractivity contribution is -0.432. The van der Waals surface area contributed by atoms with Gasteiger partial charge < -0.3 is 0 Å². The molecule has 188 valence electrons. The van der Waals surface area contributed by atoms with E-state index in [2.05, 4.69) is 4.74 Å². The maximum absolute atomic E-state index is 14.7. The van der Waals surface area contributed by atoms with E-state index in [1.807, 2.05) is 0 Å². The van der Waals surface area contributed by atoms with Crippen LogP contribution in [0.25, 0.3) is 22.3 Å². The van der Waals surface area contributed by atoms with Gasteiger partial charge in [0, 0.05) is 0 Å². The van der Waals surface area contributed by atoms with Gasteiger partial charge in [-0.2, -0.15) is 8.78 Å². The minimum absolute atomic E-state index is 0.0338. The van der Waals surface area contributed by atoms with Crippen molar-refractivity contribution < 1.29 is 53.0 Å². The van der Waals surface area contributed by atoms with Gasteiger partial charge in [-0.05, 0) is 59.5 Å². The topological polar surface area (TPSA) is 9.23 Å². The van der Waals surface area contributed by atoms with Crippen LogP contribution in [0.3, 0.4) is 0 Å². The fourth-order valence-corrected chi connectivity index (χ4v) is 3.52. The largest absolute Gasteiger partial charge is 0.527 e. The normalized spacial score (nSPS) is 12.3. The van der Waals surface area contributed by atoms with Crippen LogP contribution in [0.15, 0.2) is 36.4 Å². The molecule has 3 aromatic carbocycles. The van der Waals surface area contributed by atoms with Crippen LogP contribution >= 0.6 is 0 Å². The summed E-state index contributed by atoms with van der Waals surface area (Å²) in [5.41, 5.74) is -5.72. The molecule has 0 aliphatic heterocycles. The number of rotatable bonds is 6. The molecule has 0 fully saturated rings. The van der Waals surface area contributed by atoms with E-state index in [4.69, 9.17) is 0 Å². The molecule has 3 aromatic rings. The second-order valence-electron chi connectivity index (χ2n) is 7.38. The van der Waals surface area contributed by atoms with Crippen LogP contribution in [0.2, 0.25) is 0 Å². The van der Waals surface area contributed by atoms with Gasteiger partial charge >= 0.3 is 12.5 Å². The summed E-state index contributed by atoms with van der Waals surface area (Å²) in [4.78, 5) is 0. The fraction of sp³-hybridized carbons (Fsp3) is 0.217. The van der Waals surface area contributed by atoms with E-state index in [-0.39, 0.29) is 12.1 Å². The van der Waals surface area contributed by atoms with Crippen LogP contribution in [-0.2, 0) is 17.3 Å². The number of aryl methyl sites for hydroxylation is 1. The molecule has 12 heteroatoms. The second kappa shape index (κ2) is 9.48. The molecular formula is C23H13F11O. The first-order valence-corrected chi connectivity index (χ1v) is 9.76. The first-order valence-electron chi connectivity index (χ1n) is 9.76. The first kappa shape index (κ1) is 26.5. The van der Waals surface area contributed by atoms with Gasteiger partial charge in [0.15, 0.2) is 0 Å². The summed E-state index contributed by atoms with van der Waals surface area (Å²) in [6.45, 7) is 1.76. The molecule has 1 nitrogen and oxygen atoms in total. The standard InChI is InChI=1S/C23H13F11O/c1-2-3-10-4-13(24)19(14(25)5-10)11-6-15(26)20(16(27)7-11)12-8-17(28)21(18(29)9-12)22(30,31)35-23(32,33)34/h4-9H,2-3H2,1H3. The van der Waals surface area contributed by atoms with E-state index < -0.39 is 75.2 Å². The summed E-state index contributed by atoms with van der Waals surface area (Å²) in [7, 11) is 0. The third-order valence-corrected chi connectivity index (χ3v) is 4.84. The summed E-state index contributed by atoms with van der Waals surface area (Å²) in [6, 6.07) is 2.77. The number of ether oxygens (including phenoxy) is 1. The summed E-state index contributed by atoms with van der Waals surface area (Å²) in [6.07, 6.45) is -10.6. The van der Waals surface area contributed by atoms with E-state index in [9.17, 15) is 48.3 Å². The first-order chi connectivity index (χ1) is 16.1. The van der Waals surface area contributed by atoms with Gasteiger partial charge in [-0.3, -0.25) is 0 Å². The highest BCUT2D eigenvalue weighted by Gasteiger charge is 2.49. The van der Waals surface area contributed by atoms with E-state index in [0.717, 1.165) is 12.1 Å². The van der Waals surface area contributed by atoms with Crippen molar-refractivity contribution in [3.8, 4) is 22.3 Å². The SMILES string of the molecule is CCCc1cc(F)c(-c2cc(F)c(-c3cc(F)c(C(F)(F)OC(F)(F)F)c(F)c3)c(F)c2)c(F)c1. The van der Waals surface area contributed by atoms with Crippen molar-refractivity contribution in [2.45, 2.75) is 32.2 Å². The highest BCUT2D eigenvalue weighted by molar-refractivity contribution is 5.73. The van der Waals surface area contributed by atoms with E-state index >= 15 is 0 Å². The van der Waals surface area contributed by atoms with Crippen molar-refractivity contribution in [2.75, 3.05) is 0 Å². The van der Waals surface area contributed by atoms with Crippen LogP contribution in [0.1, 0.15) is 24.5 Å². The van der Waals surface area contributed by atoms with Gasteiger partial charge in [0.25, 0.3) is 0 Å². The molecule has 0 saturated heterocycles. The monoisotopic (exact) mass is 514 g/mol. The van der Waals surface area contributed by atoms with Gasteiger partial charge in [-0.1, -0.05) is 13.3 Å². The summed E-state index contributed by atoms with van der Waals surface area (Å²) in [5, 5.41) is 0. The molecule has 0 heterocycles. The van der Waals surface area contributed by atoms with Crippen molar-refractivity contribution >= 4 is 0 Å². The molecule has 0 aliphatic rings. The average molecular weight is 514 g/mol. The Morgan fingerprint density at radius 2 is 0.971 bits per heavy atom. The third kappa shape index (κ3) is 5.58. The van der Waals surface area contributed by atoms with E-state index in [1.54, 1.807) is 6.92 Å². The van der Waals surface area contributed by atoms with Gasteiger partial charge in [0.2, 0.25) is 0 Å². The third-order valence-electron chi connectivity index (χ3n) is 4.84. The maximum Gasteiger partial charge on any atom is 0.527 e. The Morgan fingerprint density at radius 1 is 0.600 bits per heavy atom. The van der Waals surface area contributed by atoms with Crippen molar-refractivity contribution in [1.82, 2.24) is 0 Å². The van der Waals surface area contributed by atoms with Crippen molar-refractivity contribution in [3.63, 3.8) is 0 Å². The number of benzene rings is 3. The zero-order valence-electron chi connectivity index (χ0n) is 17.4. The van der Waals surface area contributed by atoms with E-state index in [1.165, 1.54) is 0 Å². The highest BCUT2D eigenvalue weighted by atomic mass is 19.4. The minimum atomic E-state index is -5.96. The van der Waals surface area contributed by atoms with E-state index in [0.29, 0.717) is 30.5 Å². The lowest BCUT2D eigenvalue weighted by Gasteiger charge is -2.20. The van der Waals surface area contributed by atoms with Crippen LogP contribution in [0.5, 0.6) is 0 Å². The van der Waals surface area contributed by atoms with Crippen molar-refractivity contribution in [1.29, 1.82) is 0 Å². The Balaban J connectivity index is 2.09. The molecule has 0 radical (unpaired) electrons. The molecule has 0 aromatic heterocycles. The summed E-state index contributed by atoms with van der Waals surface area (Å²) >= 11 is 0.